The molecule has 0 aliphatic heterocycles. The Morgan fingerprint density at radius 2 is 2.11 bits per heavy atom. The molecule has 0 fully saturated rings. The van der Waals surface area contributed by atoms with Crippen molar-refractivity contribution in [3.63, 3.8) is 0 Å². The fourth-order valence-electron chi connectivity index (χ4n) is 1.31. The number of methoxy groups -OCH3 is 1. The Balaban J connectivity index is 3.01. The normalized spacial score (nSPS) is 11.4. The lowest BCUT2D eigenvalue weighted by Crippen LogP contribution is -2.37. The number of aromatic nitrogens is 2. The number of hydrogen-bond acceptors (Lipinski definition) is 6. The van der Waals surface area contributed by atoms with Gasteiger partial charge >= 0.3 is 6.18 Å². The van der Waals surface area contributed by atoms with Gasteiger partial charge < -0.3 is 20.5 Å². The third-order valence-electron chi connectivity index (χ3n) is 1.98. The van der Waals surface area contributed by atoms with Crippen molar-refractivity contribution in [2.24, 2.45) is 0 Å². The molecule has 18 heavy (non-hydrogen) atoms. The minimum Gasteiger partial charge on any atom is -0.481 e. The molecule has 0 amide bonds. The first-order valence-electron chi connectivity index (χ1n) is 4.97. The van der Waals surface area contributed by atoms with Gasteiger partial charge in [0, 0.05) is 12.6 Å². The average Bonchev–Trinajstić information content (AvgIpc) is 2.26. The molecule has 1 rings (SSSR count). The predicted molar refractivity (Wildman–Crippen MR) is 58.4 cm³/mol. The number of aliphatic hydroxyl groups is 1. The summed E-state index contributed by atoms with van der Waals surface area (Å²) in [5.41, 5.74) is 5.36. The summed E-state index contributed by atoms with van der Waals surface area (Å²) in [4.78, 5) is 8.20. The van der Waals surface area contributed by atoms with Crippen LogP contribution < -0.4 is 15.4 Å². The van der Waals surface area contributed by atoms with Gasteiger partial charge in [-0.05, 0) is 0 Å². The summed E-state index contributed by atoms with van der Waals surface area (Å²) in [5.74, 6) is -0.192. The number of rotatable bonds is 5. The predicted octanol–water partition coefficient (Wildman–Crippen LogP) is 0.428. The Hall–Kier alpha value is -1.77. The molecule has 0 aliphatic carbocycles. The SMILES string of the molecule is COc1cc(N(CCO)CC(F)(F)F)nc(N)n1. The fourth-order valence-corrected chi connectivity index (χ4v) is 1.31. The highest BCUT2D eigenvalue weighted by Crippen LogP contribution is 2.23. The summed E-state index contributed by atoms with van der Waals surface area (Å²) in [6.07, 6.45) is -4.41. The van der Waals surface area contributed by atoms with Gasteiger partial charge in [-0.2, -0.15) is 23.1 Å². The lowest BCUT2D eigenvalue weighted by molar-refractivity contribution is -0.120. The van der Waals surface area contributed by atoms with Crippen LogP contribution in [0.25, 0.3) is 0 Å². The van der Waals surface area contributed by atoms with E-state index in [1.54, 1.807) is 0 Å². The van der Waals surface area contributed by atoms with Crippen LogP contribution in [0.1, 0.15) is 0 Å². The number of nitrogens with zero attached hydrogens (tertiary/aromatic N) is 3. The molecule has 1 heterocycles. The smallest absolute Gasteiger partial charge is 0.405 e. The lowest BCUT2D eigenvalue weighted by Gasteiger charge is -2.24. The number of halogens is 3. The van der Waals surface area contributed by atoms with E-state index in [0.717, 1.165) is 4.90 Å². The number of aliphatic hydroxyl groups excluding tert-OH is 1. The lowest BCUT2D eigenvalue weighted by atomic mass is 10.4. The molecule has 0 aliphatic rings. The highest BCUT2D eigenvalue weighted by Gasteiger charge is 2.31. The van der Waals surface area contributed by atoms with Crippen LogP contribution >= 0.6 is 0 Å². The van der Waals surface area contributed by atoms with Crippen LogP contribution in [0.4, 0.5) is 24.9 Å². The van der Waals surface area contributed by atoms with E-state index in [1.165, 1.54) is 13.2 Å². The van der Waals surface area contributed by atoms with E-state index in [4.69, 9.17) is 15.6 Å². The summed E-state index contributed by atoms with van der Waals surface area (Å²) >= 11 is 0. The van der Waals surface area contributed by atoms with E-state index in [9.17, 15) is 13.2 Å². The third kappa shape index (κ3) is 4.24. The first-order valence-corrected chi connectivity index (χ1v) is 4.97. The Kier molecular flexibility index (Phi) is 4.54. The zero-order chi connectivity index (χ0) is 13.8. The van der Waals surface area contributed by atoms with Crippen molar-refractivity contribution < 1.29 is 23.0 Å². The molecule has 0 unspecified atom stereocenters. The summed E-state index contributed by atoms with van der Waals surface area (Å²) in [6.45, 7) is -1.91. The maximum Gasteiger partial charge on any atom is 0.405 e. The molecule has 1 aromatic rings. The molecule has 0 aromatic carbocycles. The van der Waals surface area contributed by atoms with Crippen molar-refractivity contribution in [1.82, 2.24) is 9.97 Å². The minimum atomic E-state index is -4.41. The van der Waals surface area contributed by atoms with Gasteiger partial charge in [0.1, 0.15) is 12.4 Å². The van der Waals surface area contributed by atoms with E-state index >= 15 is 0 Å². The van der Waals surface area contributed by atoms with E-state index < -0.39 is 19.3 Å². The minimum absolute atomic E-state index is 0.0503. The Morgan fingerprint density at radius 1 is 1.44 bits per heavy atom. The monoisotopic (exact) mass is 266 g/mol. The Morgan fingerprint density at radius 3 is 2.61 bits per heavy atom. The van der Waals surface area contributed by atoms with Gasteiger partial charge in [0.2, 0.25) is 11.8 Å². The highest BCUT2D eigenvalue weighted by molar-refractivity contribution is 5.45. The van der Waals surface area contributed by atoms with Crippen LogP contribution in [-0.4, -0.2) is 48.1 Å². The van der Waals surface area contributed by atoms with Gasteiger partial charge in [0.05, 0.1) is 13.7 Å². The number of nitrogens with two attached hydrogens (primary N) is 1. The molecule has 0 atom stereocenters. The number of nitrogen functional groups attached to an aromatic ring is 1. The van der Waals surface area contributed by atoms with Crippen molar-refractivity contribution in [1.29, 1.82) is 0 Å². The molecule has 0 saturated carbocycles. The van der Waals surface area contributed by atoms with E-state index in [-0.39, 0.29) is 24.2 Å². The maximum absolute atomic E-state index is 12.4. The van der Waals surface area contributed by atoms with Gasteiger partial charge in [-0.25, -0.2) is 0 Å². The first-order chi connectivity index (χ1) is 8.35. The van der Waals surface area contributed by atoms with Gasteiger partial charge in [0.15, 0.2) is 0 Å². The van der Waals surface area contributed by atoms with Crippen LogP contribution in [0.15, 0.2) is 6.07 Å². The average molecular weight is 266 g/mol. The van der Waals surface area contributed by atoms with E-state index in [2.05, 4.69) is 9.97 Å². The van der Waals surface area contributed by atoms with E-state index in [0.29, 0.717) is 0 Å². The topological polar surface area (TPSA) is 84.5 Å². The zero-order valence-corrected chi connectivity index (χ0v) is 9.61. The summed E-state index contributed by atoms with van der Waals surface area (Å²) in [7, 11) is 1.31. The first kappa shape index (κ1) is 14.3. The molecular formula is C9H13F3N4O2. The van der Waals surface area contributed by atoms with Gasteiger partial charge in [-0.3, -0.25) is 0 Å². The largest absolute Gasteiger partial charge is 0.481 e. The van der Waals surface area contributed by atoms with Crippen LogP contribution in [0.2, 0.25) is 0 Å². The second kappa shape index (κ2) is 5.71. The molecule has 0 spiro atoms. The van der Waals surface area contributed by atoms with Crippen LogP contribution in [0, 0.1) is 0 Å². The zero-order valence-electron chi connectivity index (χ0n) is 9.61. The van der Waals surface area contributed by atoms with Gasteiger partial charge in [-0.15, -0.1) is 0 Å². The molecule has 3 N–H and O–H groups in total. The molecular weight excluding hydrogens is 253 g/mol. The Labute approximate surface area is 101 Å². The molecule has 0 radical (unpaired) electrons. The van der Waals surface area contributed by atoms with Crippen molar-refractivity contribution >= 4 is 11.8 Å². The van der Waals surface area contributed by atoms with E-state index in [1.807, 2.05) is 0 Å². The number of hydrogen-bond donors (Lipinski definition) is 2. The third-order valence-corrected chi connectivity index (χ3v) is 1.98. The number of ether oxygens (including phenoxy) is 1. The molecule has 1 aromatic heterocycles. The summed E-state index contributed by atoms with van der Waals surface area (Å²) in [6, 6.07) is 1.22. The van der Waals surface area contributed by atoms with Crippen LogP contribution in [-0.2, 0) is 0 Å². The van der Waals surface area contributed by atoms with Crippen LogP contribution in [0.3, 0.4) is 0 Å². The van der Waals surface area contributed by atoms with Gasteiger partial charge in [-0.1, -0.05) is 0 Å². The molecule has 0 saturated heterocycles. The maximum atomic E-state index is 12.4. The molecule has 102 valence electrons. The fraction of sp³-hybridized carbons (Fsp3) is 0.556. The van der Waals surface area contributed by atoms with Gasteiger partial charge in [0.25, 0.3) is 0 Å². The molecule has 9 heteroatoms. The molecule has 0 bridgehead atoms. The van der Waals surface area contributed by atoms with Crippen molar-refractivity contribution in [2.45, 2.75) is 6.18 Å². The number of alkyl halides is 3. The second-order valence-corrected chi connectivity index (χ2v) is 3.39. The quantitative estimate of drug-likeness (QED) is 0.804. The van der Waals surface area contributed by atoms with Crippen molar-refractivity contribution in [3.8, 4) is 5.88 Å². The van der Waals surface area contributed by atoms with Crippen molar-refractivity contribution in [2.75, 3.05) is 37.4 Å². The number of anilines is 2. The van der Waals surface area contributed by atoms with Crippen LogP contribution in [0.5, 0.6) is 5.88 Å². The van der Waals surface area contributed by atoms with Crippen molar-refractivity contribution in [3.05, 3.63) is 6.07 Å². The summed E-state index contributed by atoms with van der Waals surface area (Å²) in [5, 5.41) is 8.78. The summed E-state index contributed by atoms with van der Waals surface area (Å²) < 4.78 is 41.9. The second-order valence-electron chi connectivity index (χ2n) is 3.39. The molecule has 6 nitrogen and oxygen atoms in total. The highest BCUT2D eigenvalue weighted by atomic mass is 19.4. The standard InChI is InChI=1S/C9H13F3N4O2/c1-18-7-4-6(14-8(13)15-7)16(2-3-17)5-9(10,11)12/h4,17H,2-3,5H2,1H3,(H2,13,14,15). The Bertz CT molecular complexity index is 400.